The van der Waals surface area contributed by atoms with Gasteiger partial charge in [-0.05, 0) is 25.9 Å². The molecule has 3 heteroatoms. The van der Waals surface area contributed by atoms with Crippen molar-refractivity contribution in [2.75, 3.05) is 19.7 Å². The van der Waals surface area contributed by atoms with E-state index in [1.807, 2.05) is 0 Å². The topological polar surface area (TPSA) is 29.5 Å². The van der Waals surface area contributed by atoms with Gasteiger partial charge in [0.2, 0.25) is 0 Å². The smallest absolute Gasteiger partial charge is 0.323 e. The molecule has 1 heterocycles. The van der Waals surface area contributed by atoms with Gasteiger partial charge in [0.05, 0.1) is 6.61 Å². The number of carbonyl (C=O) groups is 1. The Hall–Kier alpha value is -0.570. The largest absolute Gasteiger partial charge is 0.464 e. The van der Waals surface area contributed by atoms with Gasteiger partial charge >= 0.3 is 5.97 Å². The third-order valence-electron chi connectivity index (χ3n) is 2.37. The second-order valence-electron chi connectivity index (χ2n) is 3.51. The Kier molecular flexibility index (Phi) is 4.22. The van der Waals surface area contributed by atoms with E-state index >= 15 is 0 Å². The molecule has 0 aromatic heterocycles. The van der Waals surface area contributed by atoms with Crippen LogP contribution in [-0.4, -0.2) is 36.6 Å². The van der Waals surface area contributed by atoms with E-state index in [0.29, 0.717) is 6.61 Å². The quantitative estimate of drug-likeness (QED) is 0.607. The summed E-state index contributed by atoms with van der Waals surface area (Å²) in [6.07, 6.45) is 3.08. The van der Waals surface area contributed by atoms with Crippen molar-refractivity contribution in [3.8, 4) is 0 Å². The fraction of sp³-hybridized carbons (Fsp3) is 0.900. The summed E-state index contributed by atoms with van der Waals surface area (Å²) in [5.74, 6) is -0.0260. The molecule has 0 bridgehead atoms. The molecule has 3 nitrogen and oxygen atoms in total. The van der Waals surface area contributed by atoms with Crippen LogP contribution in [0.25, 0.3) is 0 Å². The molecule has 0 amide bonds. The van der Waals surface area contributed by atoms with E-state index < -0.39 is 0 Å². The Morgan fingerprint density at radius 2 is 2.00 bits per heavy atom. The molecule has 76 valence electrons. The van der Waals surface area contributed by atoms with E-state index in [4.69, 9.17) is 4.74 Å². The first-order valence-electron chi connectivity index (χ1n) is 5.20. The molecular formula is C10H19NO2. The van der Waals surface area contributed by atoms with E-state index in [1.54, 1.807) is 0 Å². The van der Waals surface area contributed by atoms with Gasteiger partial charge in [0.15, 0.2) is 0 Å². The fourth-order valence-corrected chi connectivity index (χ4v) is 1.81. The lowest BCUT2D eigenvalue weighted by Gasteiger charge is -2.24. The molecule has 0 aromatic carbocycles. The van der Waals surface area contributed by atoms with E-state index in [9.17, 15) is 4.79 Å². The van der Waals surface area contributed by atoms with Gasteiger partial charge < -0.3 is 4.74 Å². The first-order chi connectivity index (χ1) is 6.29. The minimum atomic E-state index is -0.0260. The molecule has 0 aromatic rings. The van der Waals surface area contributed by atoms with Gasteiger partial charge in [-0.15, -0.1) is 0 Å². The highest BCUT2D eigenvalue weighted by Crippen LogP contribution is 2.14. The maximum atomic E-state index is 11.3. The number of hydrogen-bond donors (Lipinski definition) is 0. The summed E-state index contributed by atoms with van der Waals surface area (Å²) >= 11 is 0. The molecule has 1 saturated heterocycles. The zero-order chi connectivity index (χ0) is 9.68. The van der Waals surface area contributed by atoms with Crippen LogP contribution in [0.5, 0.6) is 0 Å². The maximum Gasteiger partial charge on any atom is 0.323 e. The van der Waals surface area contributed by atoms with E-state index in [1.165, 1.54) is 0 Å². The van der Waals surface area contributed by atoms with Gasteiger partial charge in [0, 0.05) is 6.42 Å². The first-order valence-corrected chi connectivity index (χ1v) is 5.20. The van der Waals surface area contributed by atoms with Crippen molar-refractivity contribution in [3.05, 3.63) is 0 Å². The minimum absolute atomic E-state index is 0.0260. The van der Waals surface area contributed by atoms with Gasteiger partial charge in [-0.2, -0.15) is 0 Å². The maximum absolute atomic E-state index is 11.3. The lowest BCUT2D eigenvalue weighted by molar-refractivity contribution is -0.142. The molecule has 0 spiro atoms. The highest BCUT2D eigenvalue weighted by molar-refractivity contribution is 5.77. The molecule has 1 atom stereocenters. The van der Waals surface area contributed by atoms with Gasteiger partial charge in [-0.1, -0.05) is 13.8 Å². The number of nitrogens with zero attached hydrogens (tertiary/aromatic N) is 1. The Balaban J connectivity index is 2.47. The van der Waals surface area contributed by atoms with Crippen LogP contribution < -0.4 is 0 Å². The molecule has 1 aliphatic heterocycles. The third-order valence-corrected chi connectivity index (χ3v) is 2.37. The molecule has 1 rings (SSSR count). The molecule has 13 heavy (non-hydrogen) atoms. The SMILES string of the molecule is CCCN(CCC)C1CCOC1=O. The molecule has 1 fully saturated rings. The average molecular weight is 185 g/mol. The zero-order valence-corrected chi connectivity index (χ0v) is 8.58. The minimum Gasteiger partial charge on any atom is -0.464 e. The third kappa shape index (κ3) is 2.69. The standard InChI is InChI=1S/C10H19NO2/c1-3-6-11(7-4-2)9-5-8-13-10(9)12/h9H,3-8H2,1-2H3. The second-order valence-corrected chi connectivity index (χ2v) is 3.51. The molecule has 0 N–H and O–H groups in total. The van der Waals surface area contributed by atoms with Crippen LogP contribution in [0.1, 0.15) is 33.1 Å². The number of esters is 1. The number of hydrogen-bond acceptors (Lipinski definition) is 3. The van der Waals surface area contributed by atoms with Crippen LogP contribution in [0.3, 0.4) is 0 Å². The van der Waals surface area contributed by atoms with Gasteiger partial charge in [0.1, 0.15) is 6.04 Å². The van der Waals surface area contributed by atoms with Crippen LogP contribution in [0, 0.1) is 0 Å². The highest BCUT2D eigenvalue weighted by atomic mass is 16.5. The second kappa shape index (κ2) is 5.22. The number of carbonyl (C=O) groups excluding carboxylic acids is 1. The Bertz CT molecular complexity index is 164. The summed E-state index contributed by atoms with van der Waals surface area (Å²) in [6.45, 7) is 6.90. The van der Waals surface area contributed by atoms with Gasteiger partial charge in [-0.25, -0.2) is 0 Å². The monoisotopic (exact) mass is 185 g/mol. The lowest BCUT2D eigenvalue weighted by Crippen LogP contribution is -2.39. The highest BCUT2D eigenvalue weighted by Gasteiger charge is 2.31. The van der Waals surface area contributed by atoms with E-state index in [2.05, 4.69) is 18.7 Å². The van der Waals surface area contributed by atoms with Crippen molar-refractivity contribution in [2.45, 2.75) is 39.2 Å². The van der Waals surface area contributed by atoms with Crippen LogP contribution in [-0.2, 0) is 9.53 Å². The summed E-state index contributed by atoms with van der Waals surface area (Å²) in [5.41, 5.74) is 0. The van der Waals surface area contributed by atoms with Crippen molar-refractivity contribution in [1.29, 1.82) is 0 Å². The Morgan fingerprint density at radius 3 is 2.38 bits per heavy atom. The Morgan fingerprint density at radius 1 is 1.38 bits per heavy atom. The van der Waals surface area contributed by atoms with Gasteiger partial charge in [-0.3, -0.25) is 9.69 Å². The zero-order valence-electron chi connectivity index (χ0n) is 8.58. The molecule has 0 aliphatic carbocycles. The summed E-state index contributed by atoms with van der Waals surface area (Å²) < 4.78 is 4.96. The van der Waals surface area contributed by atoms with Crippen LogP contribution >= 0.6 is 0 Å². The average Bonchev–Trinajstić information content (AvgIpc) is 2.51. The van der Waals surface area contributed by atoms with Crippen molar-refractivity contribution < 1.29 is 9.53 Å². The molecular weight excluding hydrogens is 166 g/mol. The summed E-state index contributed by atoms with van der Waals surface area (Å²) in [4.78, 5) is 13.5. The molecule has 0 radical (unpaired) electrons. The fourth-order valence-electron chi connectivity index (χ4n) is 1.81. The van der Waals surface area contributed by atoms with Crippen molar-refractivity contribution in [3.63, 3.8) is 0 Å². The predicted molar refractivity (Wildman–Crippen MR) is 51.5 cm³/mol. The van der Waals surface area contributed by atoms with E-state index in [-0.39, 0.29) is 12.0 Å². The molecule has 1 aliphatic rings. The van der Waals surface area contributed by atoms with Crippen molar-refractivity contribution in [1.82, 2.24) is 4.90 Å². The van der Waals surface area contributed by atoms with Crippen molar-refractivity contribution in [2.24, 2.45) is 0 Å². The normalized spacial score (nSPS) is 22.4. The number of cyclic esters (lactones) is 1. The Labute approximate surface area is 80.1 Å². The van der Waals surface area contributed by atoms with E-state index in [0.717, 1.165) is 32.4 Å². The summed E-state index contributed by atoms with van der Waals surface area (Å²) in [5, 5.41) is 0. The predicted octanol–water partition coefficient (Wildman–Crippen LogP) is 1.42. The van der Waals surface area contributed by atoms with Crippen LogP contribution in [0.2, 0.25) is 0 Å². The molecule has 1 unspecified atom stereocenters. The first kappa shape index (κ1) is 10.5. The summed E-state index contributed by atoms with van der Waals surface area (Å²) in [6, 6.07) is 0.0416. The lowest BCUT2D eigenvalue weighted by atomic mass is 10.2. The van der Waals surface area contributed by atoms with Crippen LogP contribution in [0.4, 0.5) is 0 Å². The number of rotatable bonds is 5. The number of ether oxygens (including phenoxy) is 1. The van der Waals surface area contributed by atoms with Crippen molar-refractivity contribution >= 4 is 5.97 Å². The summed E-state index contributed by atoms with van der Waals surface area (Å²) in [7, 11) is 0. The van der Waals surface area contributed by atoms with Gasteiger partial charge in [0.25, 0.3) is 0 Å². The molecule has 0 saturated carbocycles. The van der Waals surface area contributed by atoms with Crippen LogP contribution in [0.15, 0.2) is 0 Å².